The highest BCUT2D eigenvalue weighted by Crippen LogP contribution is 2.43. The minimum absolute atomic E-state index is 0.421. The van der Waals surface area contributed by atoms with Crippen molar-refractivity contribution in [2.45, 2.75) is 40.2 Å². The first-order valence-electron chi connectivity index (χ1n) is 15.5. The van der Waals surface area contributed by atoms with Gasteiger partial charge in [0.2, 0.25) is 0 Å². The number of anilines is 4. The van der Waals surface area contributed by atoms with E-state index in [-0.39, 0.29) is 0 Å². The van der Waals surface area contributed by atoms with Crippen molar-refractivity contribution in [1.29, 1.82) is 0 Å². The summed E-state index contributed by atoms with van der Waals surface area (Å²) in [6.45, 7) is 9.77. The van der Waals surface area contributed by atoms with Crippen LogP contribution in [0.5, 0.6) is 0 Å². The third-order valence-corrected chi connectivity index (χ3v) is 10.2. The van der Waals surface area contributed by atoms with Crippen molar-refractivity contribution in [3.8, 4) is 0 Å². The fourth-order valence-electron chi connectivity index (χ4n) is 6.34. The van der Waals surface area contributed by atoms with Crippen LogP contribution >= 0.6 is 11.3 Å². The Morgan fingerprint density at radius 2 is 1.39 bits per heavy atom. The second kappa shape index (κ2) is 11.5. The van der Waals surface area contributed by atoms with E-state index >= 15 is 0 Å². The highest BCUT2D eigenvalue weighted by molar-refractivity contribution is 7.26. The molecule has 6 aromatic carbocycles. The van der Waals surface area contributed by atoms with Crippen molar-refractivity contribution < 1.29 is 0 Å². The van der Waals surface area contributed by atoms with Crippen LogP contribution in [0.25, 0.3) is 30.9 Å². The van der Waals surface area contributed by atoms with Gasteiger partial charge in [-0.15, -0.1) is 11.3 Å². The van der Waals surface area contributed by atoms with Gasteiger partial charge in [0, 0.05) is 46.1 Å². The summed E-state index contributed by atoms with van der Waals surface area (Å²) < 4.78 is 2.67. The minimum atomic E-state index is 0.421. The zero-order chi connectivity index (χ0) is 30.4. The molecule has 0 bridgehead atoms. The summed E-state index contributed by atoms with van der Waals surface area (Å²) in [5.74, 6) is 0.421. The highest BCUT2D eigenvalue weighted by Gasteiger charge is 2.18. The molecule has 0 aliphatic heterocycles. The minimum Gasteiger partial charge on any atom is -0.345 e. The van der Waals surface area contributed by atoms with E-state index in [0.717, 1.165) is 6.54 Å². The van der Waals surface area contributed by atoms with E-state index in [2.05, 4.69) is 166 Å². The Bertz CT molecular complexity index is 2120. The van der Waals surface area contributed by atoms with E-state index in [0.29, 0.717) is 5.92 Å². The Morgan fingerprint density at radius 3 is 2.18 bits per heavy atom. The molecule has 0 atom stereocenters. The summed E-state index contributed by atoms with van der Waals surface area (Å²) in [5, 5.41) is 5.27. The van der Waals surface area contributed by atoms with Crippen LogP contribution in [-0.2, 0) is 6.54 Å². The summed E-state index contributed by atoms with van der Waals surface area (Å²) in [4.78, 5) is 4.80. The number of fused-ring (bicyclic) bond motifs is 4. The number of benzene rings is 6. The van der Waals surface area contributed by atoms with Gasteiger partial charge in [0.05, 0.1) is 10.4 Å². The van der Waals surface area contributed by atoms with Crippen LogP contribution in [0.4, 0.5) is 22.7 Å². The number of aryl methyl sites for hydroxylation is 2. The standard InChI is InChI=1S/C41H38N2S/c1-27(2)38-25-34(42(5)32-12-7-6-8-13-32)24-31-23-30(19-21-35(31)38)26-43(33-20-18-28(3)29(4)22-33)39-16-11-15-37-36-14-9-10-17-40(36)44-41(37)39/h6-25,27H,26H2,1-5H3. The van der Waals surface area contributed by atoms with Gasteiger partial charge in [-0.1, -0.05) is 80.6 Å². The predicted molar refractivity (Wildman–Crippen MR) is 194 cm³/mol. The molecule has 0 radical (unpaired) electrons. The van der Waals surface area contributed by atoms with E-state index in [1.165, 1.54) is 75.9 Å². The van der Waals surface area contributed by atoms with Gasteiger partial charge in [-0.25, -0.2) is 0 Å². The van der Waals surface area contributed by atoms with Crippen LogP contribution in [0.2, 0.25) is 0 Å². The first-order chi connectivity index (χ1) is 21.4. The van der Waals surface area contributed by atoms with Crippen LogP contribution in [-0.4, -0.2) is 7.05 Å². The molecule has 3 heteroatoms. The van der Waals surface area contributed by atoms with Gasteiger partial charge in [-0.2, -0.15) is 0 Å². The first-order valence-corrected chi connectivity index (χ1v) is 16.3. The summed E-state index contributed by atoms with van der Waals surface area (Å²) in [6.07, 6.45) is 0. The number of thiophene rings is 1. The maximum Gasteiger partial charge on any atom is 0.0595 e. The largest absolute Gasteiger partial charge is 0.345 e. The fraction of sp³-hybridized carbons (Fsp3) is 0.171. The Kier molecular flexibility index (Phi) is 7.35. The molecule has 1 aromatic heterocycles. The molecule has 0 aliphatic carbocycles. The molecule has 2 nitrogen and oxygen atoms in total. The van der Waals surface area contributed by atoms with E-state index in [1.807, 2.05) is 11.3 Å². The summed E-state index contributed by atoms with van der Waals surface area (Å²) in [6, 6.07) is 44.8. The lowest BCUT2D eigenvalue weighted by Gasteiger charge is -2.27. The first kappa shape index (κ1) is 28.2. The maximum absolute atomic E-state index is 2.51. The summed E-state index contributed by atoms with van der Waals surface area (Å²) in [5.41, 5.74) is 10.2. The van der Waals surface area contributed by atoms with Gasteiger partial charge >= 0.3 is 0 Å². The topological polar surface area (TPSA) is 6.48 Å². The quantitative estimate of drug-likeness (QED) is 0.182. The predicted octanol–water partition coefficient (Wildman–Crippen LogP) is 12.1. The zero-order valence-corrected chi connectivity index (χ0v) is 27.0. The second-order valence-corrected chi connectivity index (χ2v) is 13.3. The molecular formula is C41H38N2S. The van der Waals surface area contributed by atoms with Gasteiger partial charge in [-0.05, 0) is 107 Å². The van der Waals surface area contributed by atoms with Crippen LogP contribution < -0.4 is 9.80 Å². The maximum atomic E-state index is 2.51. The Balaban J connectivity index is 1.37. The molecular weight excluding hydrogens is 553 g/mol. The Labute approximate surface area is 264 Å². The Hall–Kier alpha value is -4.60. The van der Waals surface area contributed by atoms with Gasteiger partial charge in [-0.3, -0.25) is 0 Å². The van der Waals surface area contributed by atoms with Gasteiger partial charge in [0.25, 0.3) is 0 Å². The van der Waals surface area contributed by atoms with Crippen molar-refractivity contribution in [2.24, 2.45) is 0 Å². The number of hydrogen-bond donors (Lipinski definition) is 0. The molecule has 7 aromatic rings. The SMILES string of the molecule is Cc1ccc(N(Cc2ccc3c(C(C)C)cc(N(C)c4ccccc4)cc3c2)c2cccc3c2sc2ccccc23)cc1C. The lowest BCUT2D eigenvalue weighted by Crippen LogP contribution is -2.17. The van der Waals surface area contributed by atoms with Crippen molar-refractivity contribution in [2.75, 3.05) is 16.8 Å². The van der Waals surface area contributed by atoms with Crippen molar-refractivity contribution >= 4 is 65.0 Å². The summed E-state index contributed by atoms with van der Waals surface area (Å²) in [7, 11) is 2.16. The molecule has 7 rings (SSSR count). The number of nitrogens with zero attached hydrogens (tertiary/aromatic N) is 2. The molecule has 0 saturated heterocycles. The lowest BCUT2D eigenvalue weighted by molar-refractivity contribution is 0.875. The third kappa shape index (κ3) is 5.12. The average Bonchev–Trinajstić information content (AvgIpc) is 3.43. The van der Waals surface area contributed by atoms with Crippen molar-refractivity contribution in [3.05, 3.63) is 144 Å². The highest BCUT2D eigenvalue weighted by atomic mass is 32.1. The van der Waals surface area contributed by atoms with Gasteiger partial charge < -0.3 is 9.80 Å². The molecule has 0 unspecified atom stereocenters. The molecule has 0 amide bonds. The van der Waals surface area contributed by atoms with Crippen LogP contribution in [0.15, 0.2) is 121 Å². The van der Waals surface area contributed by atoms with Crippen molar-refractivity contribution in [1.82, 2.24) is 0 Å². The number of para-hydroxylation sites is 1. The van der Waals surface area contributed by atoms with Gasteiger partial charge in [0.1, 0.15) is 0 Å². The fourth-order valence-corrected chi connectivity index (χ4v) is 7.56. The zero-order valence-electron chi connectivity index (χ0n) is 26.1. The van der Waals surface area contributed by atoms with Crippen LogP contribution in [0.1, 0.15) is 42.0 Å². The smallest absolute Gasteiger partial charge is 0.0595 e. The van der Waals surface area contributed by atoms with E-state index in [4.69, 9.17) is 0 Å². The lowest BCUT2D eigenvalue weighted by atomic mass is 9.93. The molecule has 44 heavy (non-hydrogen) atoms. The summed E-state index contributed by atoms with van der Waals surface area (Å²) >= 11 is 1.89. The third-order valence-electron chi connectivity index (χ3n) is 9.00. The average molecular weight is 591 g/mol. The van der Waals surface area contributed by atoms with E-state index in [9.17, 15) is 0 Å². The normalized spacial score (nSPS) is 11.6. The Morgan fingerprint density at radius 1 is 0.614 bits per heavy atom. The molecule has 218 valence electrons. The molecule has 0 N–H and O–H groups in total. The molecule has 0 fully saturated rings. The second-order valence-electron chi connectivity index (χ2n) is 12.2. The van der Waals surface area contributed by atoms with Gasteiger partial charge in [0.15, 0.2) is 0 Å². The molecule has 0 saturated carbocycles. The molecule has 0 spiro atoms. The monoisotopic (exact) mass is 590 g/mol. The van der Waals surface area contributed by atoms with Crippen LogP contribution in [0.3, 0.4) is 0 Å². The van der Waals surface area contributed by atoms with Crippen LogP contribution in [0, 0.1) is 13.8 Å². The van der Waals surface area contributed by atoms with Crippen molar-refractivity contribution in [3.63, 3.8) is 0 Å². The molecule has 1 heterocycles. The number of hydrogen-bond acceptors (Lipinski definition) is 3. The molecule has 0 aliphatic rings. The number of rotatable bonds is 7. The van der Waals surface area contributed by atoms with E-state index < -0.39 is 0 Å². The van der Waals surface area contributed by atoms with E-state index in [1.54, 1.807) is 0 Å².